The van der Waals surface area contributed by atoms with Crippen LogP contribution in [0.15, 0.2) is 0 Å². The molecule has 1 heterocycles. The van der Waals surface area contributed by atoms with E-state index in [9.17, 15) is 28.1 Å². The summed E-state index contributed by atoms with van der Waals surface area (Å²) in [7, 11) is 0. The predicted molar refractivity (Wildman–Crippen MR) is 61.9 cm³/mol. The van der Waals surface area contributed by atoms with E-state index < -0.39 is 48.2 Å². The molecule has 1 rings (SSSR count). The van der Waals surface area contributed by atoms with Gasteiger partial charge in [-0.25, -0.2) is 0 Å². The minimum atomic E-state index is -4.90. The summed E-state index contributed by atoms with van der Waals surface area (Å²) >= 11 is 0. The lowest BCUT2D eigenvalue weighted by Crippen LogP contribution is -2.42. The predicted octanol–water partition coefficient (Wildman–Crippen LogP) is 1.53. The van der Waals surface area contributed by atoms with Crippen LogP contribution >= 0.6 is 0 Å². The fourth-order valence-corrected chi connectivity index (χ4v) is 2.01. The number of halogens is 3. The highest BCUT2D eigenvalue weighted by Gasteiger charge is 2.52. The molecule has 10 heteroatoms. The van der Waals surface area contributed by atoms with Crippen LogP contribution in [0.1, 0.15) is 19.8 Å². The Labute approximate surface area is 118 Å². The summed E-state index contributed by atoms with van der Waals surface area (Å²) in [4.78, 5) is 21.2. The molecule has 0 N–H and O–H groups in total. The van der Waals surface area contributed by atoms with Crippen LogP contribution in [0.2, 0.25) is 0 Å². The zero-order chi connectivity index (χ0) is 16.0. The van der Waals surface area contributed by atoms with Gasteiger partial charge in [0.1, 0.15) is 5.92 Å². The Hall–Kier alpha value is -1.42. The zero-order valence-corrected chi connectivity index (χ0v) is 11.3. The third-order valence-electron chi connectivity index (χ3n) is 2.97. The van der Waals surface area contributed by atoms with Crippen molar-refractivity contribution in [2.45, 2.75) is 38.3 Å². The summed E-state index contributed by atoms with van der Waals surface area (Å²) in [5, 5.41) is 11.0. The summed E-state index contributed by atoms with van der Waals surface area (Å²) in [6.07, 6.45) is -7.64. The standard InChI is InChI=1S/C11H16F3NO6/c1-2-19-9(16)5-7(11(12,13)14)8(15(17)18)6-10-20-3-4-21-10/h7-8,10H,2-6H2,1H3. The molecule has 0 bridgehead atoms. The minimum Gasteiger partial charge on any atom is -0.466 e. The molecule has 0 aromatic heterocycles. The van der Waals surface area contributed by atoms with E-state index in [0.29, 0.717) is 0 Å². The topological polar surface area (TPSA) is 87.9 Å². The van der Waals surface area contributed by atoms with E-state index in [1.807, 2.05) is 0 Å². The second-order valence-corrected chi connectivity index (χ2v) is 4.42. The van der Waals surface area contributed by atoms with E-state index in [0.717, 1.165) is 0 Å². The molecule has 1 aliphatic heterocycles. The number of carbonyl (C=O) groups is 1. The average Bonchev–Trinajstić information content (AvgIpc) is 2.85. The lowest BCUT2D eigenvalue weighted by molar-refractivity contribution is -0.545. The number of alkyl halides is 3. The van der Waals surface area contributed by atoms with Crippen LogP contribution < -0.4 is 0 Å². The van der Waals surface area contributed by atoms with Crippen LogP contribution in [0.25, 0.3) is 0 Å². The van der Waals surface area contributed by atoms with E-state index in [-0.39, 0.29) is 19.8 Å². The maximum Gasteiger partial charge on any atom is 0.398 e. The Morgan fingerprint density at radius 3 is 2.43 bits per heavy atom. The summed E-state index contributed by atoms with van der Waals surface area (Å²) in [5.74, 6) is -3.57. The Morgan fingerprint density at radius 1 is 1.43 bits per heavy atom. The fraction of sp³-hybridized carbons (Fsp3) is 0.909. The third-order valence-corrected chi connectivity index (χ3v) is 2.97. The Balaban J connectivity index is 2.84. The van der Waals surface area contributed by atoms with Crippen molar-refractivity contribution < 1.29 is 37.1 Å². The molecule has 122 valence electrons. The molecule has 0 radical (unpaired) electrons. The van der Waals surface area contributed by atoms with Crippen LogP contribution in [0, 0.1) is 16.0 Å². The number of hydrogen-bond donors (Lipinski definition) is 0. The average molecular weight is 315 g/mol. The van der Waals surface area contributed by atoms with Crippen LogP contribution in [0.5, 0.6) is 0 Å². The van der Waals surface area contributed by atoms with Gasteiger partial charge in [0.2, 0.25) is 6.04 Å². The van der Waals surface area contributed by atoms with Gasteiger partial charge in [0, 0.05) is 4.92 Å². The van der Waals surface area contributed by atoms with Crippen LogP contribution in [-0.4, -0.2) is 49.2 Å². The van der Waals surface area contributed by atoms with Crippen molar-refractivity contribution in [3.8, 4) is 0 Å². The highest BCUT2D eigenvalue weighted by atomic mass is 19.4. The number of nitrogens with zero attached hydrogens (tertiary/aromatic N) is 1. The quantitative estimate of drug-likeness (QED) is 0.402. The molecule has 7 nitrogen and oxygen atoms in total. The van der Waals surface area contributed by atoms with Crippen molar-refractivity contribution in [1.82, 2.24) is 0 Å². The number of ether oxygens (including phenoxy) is 3. The molecule has 1 fully saturated rings. The van der Waals surface area contributed by atoms with Gasteiger partial charge in [-0.1, -0.05) is 0 Å². The Bertz CT molecular complexity index is 369. The SMILES string of the molecule is CCOC(=O)CC(C(CC1OCCO1)[N+](=O)[O-])C(F)(F)F. The smallest absolute Gasteiger partial charge is 0.398 e. The van der Waals surface area contributed by atoms with E-state index in [1.54, 1.807) is 0 Å². The largest absolute Gasteiger partial charge is 0.466 e. The lowest BCUT2D eigenvalue weighted by Gasteiger charge is -2.24. The van der Waals surface area contributed by atoms with Gasteiger partial charge in [-0.05, 0) is 6.92 Å². The monoisotopic (exact) mass is 315 g/mol. The molecule has 2 atom stereocenters. The van der Waals surface area contributed by atoms with Gasteiger partial charge in [-0.2, -0.15) is 13.2 Å². The van der Waals surface area contributed by atoms with Gasteiger partial charge in [0.25, 0.3) is 0 Å². The minimum absolute atomic E-state index is 0.0958. The summed E-state index contributed by atoms with van der Waals surface area (Å²) in [6, 6.07) is -2.03. The number of rotatable bonds is 7. The molecule has 0 aromatic carbocycles. The first-order valence-electron chi connectivity index (χ1n) is 6.34. The summed E-state index contributed by atoms with van der Waals surface area (Å²) < 4.78 is 53.4. The number of nitro groups is 1. The molecule has 1 aliphatic rings. The second-order valence-electron chi connectivity index (χ2n) is 4.42. The molecule has 1 saturated heterocycles. The van der Waals surface area contributed by atoms with Crippen molar-refractivity contribution >= 4 is 5.97 Å². The zero-order valence-electron chi connectivity index (χ0n) is 11.3. The van der Waals surface area contributed by atoms with Crippen molar-refractivity contribution in [3.63, 3.8) is 0 Å². The molecule has 0 aromatic rings. The van der Waals surface area contributed by atoms with Gasteiger partial charge in [-0.15, -0.1) is 0 Å². The Kier molecular flexibility index (Phi) is 6.34. The maximum atomic E-state index is 13.0. The number of carbonyl (C=O) groups excluding carboxylic acids is 1. The molecule has 2 unspecified atom stereocenters. The van der Waals surface area contributed by atoms with Gasteiger partial charge in [0.05, 0.1) is 32.7 Å². The first-order chi connectivity index (χ1) is 9.75. The fourth-order valence-electron chi connectivity index (χ4n) is 2.01. The van der Waals surface area contributed by atoms with Crippen molar-refractivity contribution in [2.24, 2.45) is 5.92 Å². The normalized spacial score (nSPS) is 19.2. The van der Waals surface area contributed by atoms with Gasteiger partial charge >= 0.3 is 12.1 Å². The number of hydrogen-bond acceptors (Lipinski definition) is 6. The van der Waals surface area contributed by atoms with Crippen molar-refractivity contribution in [2.75, 3.05) is 19.8 Å². The lowest BCUT2D eigenvalue weighted by atomic mass is 9.93. The van der Waals surface area contributed by atoms with E-state index in [1.165, 1.54) is 6.92 Å². The maximum absolute atomic E-state index is 13.0. The van der Waals surface area contributed by atoms with E-state index in [4.69, 9.17) is 9.47 Å². The molecule has 0 aliphatic carbocycles. The van der Waals surface area contributed by atoms with Crippen LogP contribution in [-0.2, 0) is 19.0 Å². The summed E-state index contributed by atoms with van der Waals surface area (Å²) in [5.41, 5.74) is 0. The third kappa shape index (κ3) is 5.46. The highest BCUT2D eigenvalue weighted by molar-refractivity contribution is 5.69. The van der Waals surface area contributed by atoms with E-state index >= 15 is 0 Å². The van der Waals surface area contributed by atoms with E-state index in [2.05, 4.69) is 4.74 Å². The van der Waals surface area contributed by atoms with Gasteiger partial charge in [0.15, 0.2) is 6.29 Å². The molecular formula is C11H16F3NO6. The second kappa shape index (κ2) is 7.55. The van der Waals surface area contributed by atoms with Gasteiger partial charge < -0.3 is 14.2 Å². The molecule has 0 spiro atoms. The number of esters is 1. The first-order valence-corrected chi connectivity index (χ1v) is 6.34. The molecule has 0 amide bonds. The summed E-state index contributed by atoms with van der Waals surface area (Å²) in [6.45, 7) is 1.68. The van der Waals surface area contributed by atoms with Crippen molar-refractivity contribution in [3.05, 3.63) is 10.1 Å². The first kappa shape index (κ1) is 17.6. The highest BCUT2D eigenvalue weighted by Crippen LogP contribution is 2.35. The van der Waals surface area contributed by atoms with Crippen LogP contribution in [0.3, 0.4) is 0 Å². The van der Waals surface area contributed by atoms with Crippen LogP contribution in [0.4, 0.5) is 13.2 Å². The van der Waals surface area contributed by atoms with Crippen molar-refractivity contribution in [1.29, 1.82) is 0 Å². The molecule has 21 heavy (non-hydrogen) atoms. The Morgan fingerprint density at radius 2 is 2.00 bits per heavy atom. The molecular weight excluding hydrogens is 299 g/mol. The van der Waals surface area contributed by atoms with Gasteiger partial charge in [-0.3, -0.25) is 14.9 Å². The molecule has 0 saturated carbocycles.